The Morgan fingerprint density at radius 1 is 1.61 bits per heavy atom. The first kappa shape index (κ1) is 13.1. The third-order valence-electron chi connectivity index (χ3n) is 3.56. The van der Waals surface area contributed by atoms with Gasteiger partial charge in [0.15, 0.2) is 0 Å². The van der Waals surface area contributed by atoms with Crippen molar-refractivity contribution in [1.29, 1.82) is 0 Å². The van der Waals surface area contributed by atoms with E-state index in [9.17, 15) is 4.79 Å². The topological polar surface area (TPSA) is 71.5 Å². The second-order valence-electron chi connectivity index (χ2n) is 5.15. The van der Waals surface area contributed by atoms with Gasteiger partial charge in [0.25, 0.3) is 5.91 Å². The van der Waals surface area contributed by atoms with Crippen molar-refractivity contribution in [2.45, 2.75) is 32.7 Å². The van der Waals surface area contributed by atoms with Crippen molar-refractivity contribution in [2.24, 2.45) is 11.8 Å². The molecule has 1 aliphatic carbocycles. The molecule has 1 aliphatic rings. The molecule has 3 N–H and O–H groups in total. The van der Waals surface area contributed by atoms with Crippen molar-refractivity contribution in [3.63, 3.8) is 0 Å². The zero-order chi connectivity index (χ0) is 13.1. The van der Waals surface area contributed by atoms with Crippen LogP contribution in [0.3, 0.4) is 0 Å². The predicted octanol–water partition coefficient (Wildman–Crippen LogP) is 1.42. The molecule has 0 aliphatic heterocycles. The van der Waals surface area contributed by atoms with Crippen LogP contribution in [0.15, 0.2) is 10.5 Å². The fraction of sp³-hybridized carbons (Fsp3) is 0.615. The molecule has 5 nitrogen and oxygen atoms in total. The lowest BCUT2D eigenvalue weighted by Crippen LogP contribution is -2.30. The number of furan rings is 1. The van der Waals surface area contributed by atoms with Crippen molar-refractivity contribution in [3.8, 4) is 0 Å². The summed E-state index contributed by atoms with van der Waals surface area (Å²) in [4.78, 5) is 13.7. The molecule has 5 heteroatoms. The second-order valence-corrected chi connectivity index (χ2v) is 5.15. The number of rotatable bonds is 5. The van der Waals surface area contributed by atoms with Gasteiger partial charge in [0.1, 0.15) is 11.5 Å². The minimum atomic E-state index is -0.302. The van der Waals surface area contributed by atoms with E-state index in [2.05, 4.69) is 17.4 Å². The van der Waals surface area contributed by atoms with Gasteiger partial charge in [0.2, 0.25) is 0 Å². The van der Waals surface area contributed by atoms with E-state index in [1.807, 2.05) is 0 Å². The average Bonchev–Trinajstić information content (AvgIpc) is 2.64. The number of carbonyl (C=O) groups is 1. The largest absolute Gasteiger partial charge is 0.464 e. The summed E-state index contributed by atoms with van der Waals surface area (Å²) in [7, 11) is 2.08. The maximum absolute atomic E-state index is 11.5. The molecule has 1 aromatic heterocycles. The molecular formula is C13H21N3O2. The highest BCUT2D eigenvalue weighted by Crippen LogP contribution is 2.27. The van der Waals surface area contributed by atoms with Crippen LogP contribution >= 0.6 is 0 Å². The van der Waals surface area contributed by atoms with Crippen LogP contribution < -0.4 is 11.3 Å². The summed E-state index contributed by atoms with van der Waals surface area (Å²) in [5, 5.41) is 0. The van der Waals surface area contributed by atoms with Crippen molar-refractivity contribution in [1.82, 2.24) is 10.3 Å². The van der Waals surface area contributed by atoms with E-state index < -0.39 is 0 Å². The maximum Gasteiger partial charge on any atom is 0.268 e. The second kappa shape index (κ2) is 5.54. The van der Waals surface area contributed by atoms with Crippen LogP contribution in [0.1, 0.15) is 41.1 Å². The molecule has 0 bridgehead atoms. The minimum absolute atomic E-state index is 0.302. The average molecular weight is 251 g/mol. The summed E-state index contributed by atoms with van der Waals surface area (Å²) in [6.07, 6.45) is 4.03. The number of carbonyl (C=O) groups excluding carboxylic acids is 1. The Balaban J connectivity index is 1.94. The number of nitrogen functional groups attached to an aromatic ring is 1. The van der Waals surface area contributed by atoms with E-state index in [-0.39, 0.29) is 5.91 Å². The molecule has 0 aromatic carbocycles. The van der Waals surface area contributed by atoms with Crippen LogP contribution in [-0.4, -0.2) is 24.4 Å². The van der Waals surface area contributed by atoms with Gasteiger partial charge in [0, 0.05) is 6.54 Å². The van der Waals surface area contributed by atoms with E-state index in [0.717, 1.165) is 24.8 Å². The van der Waals surface area contributed by atoms with Crippen LogP contribution in [0.4, 0.5) is 0 Å². The Labute approximate surface area is 107 Å². The molecule has 18 heavy (non-hydrogen) atoms. The summed E-state index contributed by atoms with van der Waals surface area (Å²) in [6.45, 7) is 3.60. The number of hydrogen-bond donors (Lipinski definition) is 2. The number of nitrogens with zero attached hydrogens (tertiary/aromatic N) is 1. The molecule has 0 radical (unpaired) electrons. The molecule has 0 spiro atoms. The Kier molecular flexibility index (Phi) is 4.04. The summed E-state index contributed by atoms with van der Waals surface area (Å²) in [5.74, 6) is 7.08. The molecule has 2 rings (SSSR count). The van der Waals surface area contributed by atoms with E-state index >= 15 is 0 Å². The summed E-state index contributed by atoms with van der Waals surface area (Å²) < 4.78 is 5.58. The van der Waals surface area contributed by atoms with Crippen molar-refractivity contribution < 1.29 is 9.21 Å². The van der Waals surface area contributed by atoms with Gasteiger partial charge in [-0.2, -0.15) is 0 Å². The molecule has 1 amide bonds. The summed E-state index contributed by atoms with van der Waals surface area (Å²) in [5.41, 5.74) is 2.64. The lowest BCUT2D eigenvalue weighted by Gasteiger charge is -2.29. The lowest BCUT2D eigenvalue weighted by molar-refractivity contribution is 0.0952. The van der Waals surface area contributed by atoms with E-state index in [0.29, 0.717) is 11.3 Å². The molecule has 1 aromatic rings. The maximum atomic E-state index is 11.5. The summed E-state index contributed by atoms with van der Waals surface area (Å²) in [6, 6.07) is 1.77. The first-order valence-electron chi connectivity index (χ1n) is 6.39. The van der Waals surface area contributed by atoms with Crippen molar-refractivity contribution in [2.75, 3.05) is 13.6 Å². The third-order valence-corrected chi connectivity index (χ3v) is 3.56. The van der Waals surface area contributed by atoms with E-state index in [1.165, 1.54) is 19.3 Å². The minimum Gasteiger partial charge on any atom is -0.464 e. The van der Waals surface area contributed by atoms with Gasteiger partial charge in [-0.1, -0.05) is 6.42 Å². The zero-order valence-electron chi connectivity index (χ0n) is 11.0. The van der Waals surface area contributed by atoms with Gasteiger partial charge >= 0.3 is 0 Å². The molecule has 1 saturated carbocycles. The molecule has 0 saturated heterocycles. The van der Waals surface area contributed by atoms with Gasteiger partial charge in [-0.25, -0.2) is 5.84 Å². The molecule has 1 fully saturated rings. The number of hydrogen-bond acceptors (Lipinski definition) is 4. The number of amides is 1. The van der Waals surface area contributed by atoms with Crippen LogP contribution in [0.2, 0.25) is 0 Å². The monoisotopic (exact) mass is 251 g/mol. The predicted molar refractivity (Wildman–Crippen MR) is 68.8 cm³/mol. The Hall–Kier alpha value is -1.33. The van der Waals surface area contributed by atoms with E-state index in [1.54, 1.807) is 13.0 Å². The first-order valence-corrected chi connectivity index (χ1v) is 6.39. The quantitative estimate of drug-likeness (QED) is 0.472. The van der Waals surface area contributed by atoms with Gasteiger partial charge in [-0.15, -0.1) is 0 Å². The van der Waals surface area contributed by atoms with Crippen molar-refractivity contribution >= 4 is 5.91 Å². The Bertz CT molecular complexity index is 424. The molecule has 1 heterocycles. The van der Waals surface area contributed by atoms with Crippen LogP contribution in [0.5, 0.6) is 0 Å². The molecular weight excluding hydrogens is 230 g/mol. The zero-order valence-corrected chi connectivity index (χ0v) is 11.0. The van der Waals surface area contributed by atoms with Gasteiger partial charge in [-0.05, 0) is 38.8 Å². The van der Waals surface area contributed by atoms with Crippen LogP contribution in [0, 0.1) is 12.8 Å². The number of nitrogens with one attached hydrogen (secondary N) is 1. The highest BCUT2D eigenvalue weighted by Gasteiger charge is 2.20. The number of hydrazine groups is 1. The third kappa shape index (κ3) is 2.91. The van der Waals surface area contributed by atoms with Crippen LogP contribution in [0.25, 0.3) is 0 Å². The van der Waals surface area contributed by atoms with Gasteiger partial charge in [-0.3, -0.25) is 15.1 Å². The fourth-order valence-electron chi connectivity index (χ4n) is 2.37. The van der Waals surface area contributed by atoms with Crippen molar-refractivity contribution in [3.05, 3.63) is 23.2 Å². The van der Waals surface area contributed by atoms with Gasteiger partial charge < -0.3 is 4.42 Å². The number of nitrogens with two attached hydrogens (primary N) is 1. The smallest absolute Gasteiger partial charge is 0.268 e. The standard InChI is InChI=1S/C13H21N3O2/c1-9-12(13(17)15-14)6-11(18-9)8-16(2)7-10-4-3-5-10/h6,10H,3-5,7-8,14H2,1-2H3,(H,15,17). The molecule has 100 valence electrons. The highest BCUT2D eigenvalue weighted by molar-refractivity contribution is 5.94. The number of aryl methyl sites for hydroxylation is 1. The SMILES string of the molecule is Cc1oc(CN(C)CC2CCC2)cc1C(=O)NN. The van der Waals surface area contributed by atoms with Crippen LogP contribution in [-0.2, 0) is 6.54 Å². The Morgan fingerprint density at radius 2 is 2.33 bits per heavy atom. The fourth-order valence-corrected chi connectivity index (χ4v) is 2.37. The van der Waals surface area contributed by atoms with Gasteiger partial charge in [0.05, 0.1) is 12.1 Å². The molecule has 0 atom stereocenters. The Morgan fingerprint density at radius 3 is 2.89 bits per heavy atom. The lowest BCUT2D eigenvalue weighted by atomic mass is 9.85. The first-order chi connectivity index (χ1) is 8.60. The molecule has 0 unspecified atom stereocenters. The highest BCUT2D eigenvalue weighted by atomic mass is 16.3. The summed E-state index contributed by atoms with van der Waals surface area (Å²) >= 11 is 0. The normalized spacial score (nSPS) is 15.8. The van der Waals surface area contributed by atoms with E-state index in [4.69, 9.17) is 10.3 Å².